The third-order valence-electron chi connectivity index (χ3n) is 5.37. The van der Waals surface area contributed by atoms with Crippen LogP contribution in [0.3, 0.4) is 0 Å². The standard InChI is InChI=1S/C22H24N6O2/c1-14-7-6-8-16(11-14)19-13-18(25-30-19)15(2)27(4)22-24-23-21(28(22)5)17-9-10-26(3)20(29)12-17/h6-13,15H,1-5H3. The van der Waals surface area contributed by atoms with E-state index in [1.807, 2.05) is 67.7 Å². The molecule has 30 heavy (non-hydrogen) atoms. The topological polar surface area (TPSA) is 82.0 Å². The molecule has 0 spiro atoms. The second-order valence-electron chi connectivity index (χ2n) is 7.52. The number of benzene rings is 1. The quantitative estimate of drug-likeness (QED) is 0.507. The predicted molar refractivity (Wildman–Crippen MR) is 115 cm³/mol. The Labute approximate surface area is 174 Å². The van der Waals surface area contributed by atoms with Crippen molar-refractivity contribution >= 4 is 5.95 Å². The Kier molecular flexibility index (Phi) is 4.99. The van der Waals surface area contributed by atoms with Crippen molar-refractivity contribution in [2.75, 3.05) is 11.9 Å². The van der Waals surface area contributed by atoms with Gasteiger partial charge in [-0.15, -0.1) is 10.2 Å². The van der Waals surface area contributed by atoms with Gasteiger partial charge in [-0.1, -0.05) is 28.9 Å². The Morgan fingerprint density at radius 2 is 1.87 bits per heavy atom. The van der Waals surface area contributed by atoms with Gasteiger partial charge in [-0.25, -0.2) is 0 Å². The number of aryl methyl sites for hydroxylation is 2. The normalized spacial score (nSPS) is 12.2. The molecule has 4 aromatic rings. The highest BCUT2D eigenvalue weighted by molar-refractivity contribution is 5.59. The summed E-state index contributed by atoms with van der Waals surface area (Å²) in [6.45, 7) is 4.08. The molecule has 0 N–H and O–H groups in total. The summed E-state index contributed by atoms with van der Waals surface area (Å²) in [4.78, 5) is 14.0. The van der Waals surface area contributed by atoms with E-state index in [1.165, 1.54) is 4.57 Å². The zero-order valence-electron chi connectivity index (χ0n) is 17.7. The van der Waals surface area contributed by atoms with E-state index in [4.69, 9.17) is 4.52 Å². The van der Waals surface area contributed by atoms with Crippen molar-refractivity contribution in [3.8, 4) is 22.7 Å². The van der Waals surface area contributed by atoms with Gasteiger partial charge in [0.1, 0.15) is 5.69 Å². The van der Waals surface area contributed by atoms with Gasteiger partial charge in [0.15, 0.2) is 11.6 Å². The molecule has 0 amide bonds. The Morgan fingerprint density at radius 3 is 2.60 bits per heavy atom. The summed E-state index contributed by atoms with van der Waals surface area (Å²) >= 11 is 0. The van der Waals surface area contributed by atoms with Gasteiger partial charge in [-0.2, -0.15) is 0 Å². The molecule has 0 bridgehead atoms. The van der Waals surface area contributed by atoms with Crippen LogP contribution in [0.2, 0.25) is 0 Å². The van der Waals surface area contributed by atoms with Crippen LogP contribution >= 0.6 is 0 Å². The van der Waals surface area contributed by atoms with Crippen LogP contribution in [0.5, 0.6) is 0 Å². The first kappa shape index (κ1) is 19.6. The van der Waals surface area contributed by atoms with Crippen molar-refractivity contribution in [3.63, 3.8) is 0 Å². The van der Waals surface area contributed by atoms with E-state index in [2.05, 4.69) is 21.4 Å². The van der Waals surface area contributed by atoms with E-state index in [0.29, 0.717) is 11.8 Å². The smallest absolute Gasteiger partial charge is 0.250 e. The average Bonchev–Trinajstić information content (AvgIpc) is 3.36. The fourth-order valence-electron chi connectivity index (χ4n) is 3.36. The third kappa shape index (κ3) is 3.52. The lowest BCUT2D eigenvalue weighted by Gasteiger charge is -2.23. The number of rotatable bonds is 5. The second kappa shape index (κ2) is 7.62. The average molecular weight is 404 g/mol. The van der Waals surface area contributed by atoms with Crippen molar-refractivity contribution in [1.29, 1.82) is 0 Å². The number of anilines is 1. The van der Waals surface area contributed by atoms with E-state index < -0.39 is 0 Å². The summed E-state index contributed by atoms with van der Waals surface area (Å²) in [6, 6.07) is 13.4. The Bertz CT molecular complexity index is 1250. The van der Waals surface area contributed by atoms with Crippen molar-refractivity contribution in [1.82, 2.24) is 24.5 Å². The molecular formula is C22H24N6O2. The lowest BCUT2D eigenvalue weighted by Crippen LogP contribution is -2.25. The van der Waals surface area contributed by atoms with Gasteiger partial charge in [0.25, 0.3) is 5.56 Å². The molecule has 3 heterocycles. The fraction of sp³-hybridized carbons (Fsp3) is 0.273. The summed E-state index contributed by atoms with van der Waals surface area (Å²) in [5.74, 6) is 2.02. The lowest BCUT2D eigenvalue weighted by atomic mass is 10.1. The SMILES string of the molecule is Cc1cccc(-c2cc(C(C)N(C)c3nnc(-c4ccn(C)c(=O)c4)n3C)no2)c1. The van der Waals surface area contributed by atoms with E-state index >= 15 is 0 Å². The van der Waals surface area contributed by atoms with Crippen LogP contribution in [0.25, 0.3) is 22.7 Å². The van der Waals surface area contributed by atoms with Crippen molar-refractivity contribution < 1.29 is 4.52 Å². The summed E-state index contributed by atoms with van der Waals surface area (Å²) in [5, 5.41) is 12.9. The lowest BCUT2D eigenvalue weighted by molar-refractivity contribution is 0.417. The van der Waals surface area contributed by atoms with Gasteiger partial charge >= 0.3 is 0 Å². The van der Waals surface area contributed by atoms with Crippen LogP contribution in [-0.4, -0.2) is 31.5 Å². The van der Waals surface area contributed by atoms with Gasteiger partial charge in [-0.05, 0) is 26.0 Å². The molecule has 3 aromatic heterocycles. The highest BCUT2D eigenvalue weighted by atomic mass is 16.5. The van der Waals surface area contributed by atoms with Crippen LogP contribution < -0.4 is 10.5 Å². The maximum Gasteiger partial charge on any atom is 0.250 e. The molecule has 0 aliphatic rings. The minimum Gasteiger partial charge on any atom is -0.356 e. The number of aromatic nitrogens is 5. The molecule has 1 aromatic carbocycles. The molecule has 1 unspecified atom stereocenters. The van der Waals surface area contributed by atoms with Crippen LogP contribution in [0.1, 0.15) is 24.2 Å². The maximum atomic E-state index is 12.0. The fourth-order valence-corrected chi connectivity index (χ4v) is 3.36. The minimum atomic E-state index is -0.0925. The van der Waals surface area contributed by atoms with E-state index in [9.17, 15) is 4.79 Å². The Morgan fingerprint density at radius 1 is 1.07 bits per heavy atom. The van der Waals surface area contributed by atoms with Gasteiger partial charge in [0.2, 0.25) is 5.95 Å². The summed E-state index contributed by atoms with van der Waals surface area (Å²) in [5.41, 5.74) is 3.59. The molecular weight excluding hydrogens is 380 g/mol. The van der Waals surface area contributed by atoms with Gasteiger partial charge in [0.05, 0.1) is 6.04 Å². The zero-order chi connectivity index (χ0) is 21.4. The molecule has 1 atom stereocenters. The number of pyridine rings is 1. The van der Waals surface area contributed by atoms with Crippen LogP contribution in [0, 0.1) is 6.92 Å². The van der Waals surface area contributed by atoms with Gasteiger partial charge in [-0.3, -0.25) is 9.36 Å². The van der Waals surface area contributed by atoms with Crippen molar-refractivity contribution in [3.05, 3.63) is 70.3 Å². The van der Waals surface area contributed by atoms with Crippen molar-refractivity contribution in [2.24, 2.45) is 14.1 Å². The predicted octanol–water partition coefficient (Wildman–Crippen LogP) is 3.34. The zero-order valence-corrected chi connectivity index (χ0v) is 17.7. The third-order valence-corrected chi connectivity index (χ3v) is 5.37. The van der Waals surface area contributed by atoms with Crippen molar-refractivity contribution in [2.45, 2.75) is 19.9 Å². The summed E-state index contributed by atoms with van der Waals surface area (Å²) in [7, 11) is 5.53. The van der Waals surface area contributed by atoms with Gasteiger partial charge < -0.3 is 14.0 Å². The van der Waals surface area contributed by atoms with Gasteiger partial charge in [0, 0.05) is 50.6 Å². The number of nitrogens with zero attached hydrogens (tertiary/aromatic N) is 6. The van der Waals surface area contributed by atoms with E-state index in [-0.39, 0.29) is 11.6 Å². The Hall–Kier alpha value is -3.68. The number of hydrogen-bond acceptors (Lipinski definition) is 6. The first-order valence-electron chi connectivity index (χ1n) is 9.68. The van der Waals surface area contributed by atoms with E-state index in [0.717, 1.165) is 28.1 Å². The molecule has 154 valence electrons. The molecule has 0 saturated carbocycles. The minimum absolute atomic E-state index is 0.0910. The molecule has 0 saturated heterocycles. The van der Waals surface area contributed by atoms with Crippen LogP contribution in [-0.2, 0) is 14.1 Å². The molecule has 0 radical (unpaired) electrons. The molecule has 0 aliphatic carbocycles. The second-order valence-corrected chi connectivity index (χ2v) is 7.52. The largest absolute Gasteiger partial charge is 0.356 e. The first-order valence-corrected chi connectivity index (χ1v) is 9.68. The first-order chi connectivity index (χ1) is 14.3. The molecule has 4 rings (SSSR count). The number of hydrogen-bond donors (Lipinski definition) is 0. The molecule has 0 aliphatic heterocycles. The maximum absolute atomic E-state index is 12.0. The van der Waals surface area contributed by atoms with Crippen LogP contribution in [0.15, 0.2) is 58.0 Å². The monoisotopic (exact) mass is 404 g/mol. The molecule has 0 fully saturated rings. The van der Waals surface area contributed by atoms with Crippen LogP contribution in [0.4, 0.5) is 5.95 Å². The molecule has 8 nitrogen and oxygen atoms in total. The summed E-state index contributed by atoms with van der Waals surface area (Å²) < 4.78 is 8.97. The summed E-state index contributed by atoms with van der Waals surface area (Å²) in [6.07, 6.45) is 1.72. The Balaban J connectivity index is 1.61. The highest BCUT2D eigenvalue weighted by Crippen LogP contribution is 2.29. The highest BCUT2D eigenvalue weighted by Gasteiger charge is 2.22. The van der Waals surface area contributed by atoms with E-state index in [1.54, 1.807) is 19.3 Å². The molecule has 8 heteroatoms.